The number of anilines is 3. The molecule has 1 heterocycles. The molecule has 0 aliphatic rings. The number of carbonyl (C=O) groups excluding carboxylic acids is 2. The molecular weight excluding hydrogens is 398 g/mol. The lowest BCUT2D eigenvalue weighted by atomic mass is 10.1. The number of amides is 2. The lowest BCUT2D eigenvalue weighted by Gasteiger charge is -2.08. The van der Waals surface area contributed by atoms with E-state index in [1.165, 1.54) is 0 Å². The Labute approximate surface area is 180 Å². The van der Waals surface area contributed by atoms with E-state index in [0.29, 0.717) is 25.2 Å². The van der Waals surface area contributed by atoms with Gasteiger partial charge in [0.15, 0.2) is 17.5 Å². The van der Waals surface area contributed by atoms with Crippen molar-refractivity contribution in [1.82, 2.24) is 15.3 Å². The first-order valence-corrected chi connectivity index (χ1v) is 9.90. The van der Waals surface area contributed by atoms with Crippen LogP contribution in [0.15, 0.2) is 29.3 Å². The van der Waals surface area contributed by atoms with E-state index in [4.69, 9.17) is 22.9 Å². The van der Waals surface area contributed by atoms with Crippen LogP contribution in [0.3, 0.4) is 0 Å². The molecule has 0 spiro atoms. The van der Waals surface area contributed by atoms with E-state index in [1.54, 1.807) is 6.92 Å². The molecule has 0 radical (unpaired) electrons. The highest BCUT2D eigenvalue weighted by Gasteiger charge is 2.15. The van der Waals surface area contributed by atoms with Gasteiger partial charge in [-0.15, -0.1) is 0 Å². The van der Waals surface area contributed by atoms with Gasteiger partial charge < -0.3 is 28.3 Å². The molecule has 1 aromatic carbocycles. The van der Waals surface area contributed by atoms with Crippen LogP contribution in [0.4, 0.5) is 17.3 Å². The minimum Gasteiger partial charge on any atom is -0.382 e. The van der Waals surface area contributed by atoms with Crippen molar-refractivity contribution in [1.29, 1.82) is 0 Å². The molecule has 1 aromatic heterocycles. The number of nitrogen functional groups attached to an aromatic ring is 2. The van der Waals surface area contributed by atoms with Crippen LogP contribution in [0.2, 0.25) is 0 Å². The van der Waals surface area contributed by atoms with Gasteiger partial charge in [-0.05, 0) is 43.9 Å². The minimum atomic E-state index is -0.590. The summed E-state index contributed by atoms with van der Waals surface area (Å²) in [4.78, 5) is 35.8. The summed E-state index contributed by atoms with van der Waals surface area (Å²) >= 11 is 0. The Bertz CT molecular complexity index is 942. The molecule has 0 saturated carbocycles. The monoisotopic (exact) mass is 427 g/mol. The molecule has 0 aliphatic heterocycles. The van der Waals surface area contributed by atoms with Gasteiger partial charge in [0.05, 0.1) is 5.69 Å². The van der Waals surface area contributed by atoms with E-state index in [-0.39, 0.29) is 29.2 Å². The van der Waals surface area contributed by atoms with Gasteiger partial charge in [0.2, 0.25) is 5.91 Å². The van der Waals surface area contributed by atoms with Crippen molar-refractivity contribution in [3.05, 3.63) is 41.2 Å². The molecule has 0 fully saturated rings. The molecular formula is C20H29N9O2. The highest BCUT2D eigenvalue weighted by atomic mass is 16.2. The summed E-state index contributed by atoms with van der Waals surface area (Å²) in [5.41, 5.74) is 24.7. The number of nitrogens with zero attached hydrogens (tertiary/aromatic N) is 3. The highest BCUT2D eigenvalue weighted by molar-refractivity contribution is 6.06. The Morgan fingerprint density at radius 3 is 2.45 bits per heavy atom. The first kappa shape index (κ1) is 23.5. The topological polar surface area (TPSA) is 200 Å². The summed E-state index contributed by atoms with van der Waals surface area (Å²) in [7, 11) is 0. The Hall–Kier alpha value is -3.73. The van der Waals surface area contributed by atoms with Crippen molar-refractivity contribution in [3.63, 3.8) is 0 Å². The second kappa shape index (κ2) is 11.5. The van der Waals surface area contributed by atoms with Crippen LogP contribution in [-0.4, -0.2) is 40.8 Å². The number of benzene rings is 1. The molecule has 10 N–H and O–H groups in total. The zero-order chi connectivity index (χ0) is 22.8. The Morgan fingerprint density at radius 1 is 1.06 bits per heavy atom. The average Bonchev–Trinajstić information content (AvgIpc) is 2.71. The molecule has 0 bridgehead atoms. The average molecular weight is 428 g/mol. The van der Waals surface area contributed by atoms with E-state index < -0.39 is 5.91 Å². The summed E-state index contributed by atoms with van der Waals surface area (Å²) in [5.74, 6) is -0.606. The first-order valence-electron chi connectivity index (χ1n) is 9.90. The van der Waals surface area contributed by atoms with Crippen LogP contribution >= 0.6 is 0 Å². The highest BCUT2D eigenvalue weighted by Crippen LogP contribution is 2.13. The number of aryl methyl sites for hydroxylation is 2. The third kappa shape index (κ3) is 7.55. The van der Waals surface area contributed by atoms with Gasteiger partial charge in [-0.3, -0.25) is 19.9 Å². The van der Waals surface area contributed by atoms with Gasteiger partial charge in [-0.1, -0.05) is 12.1 Å². The van der Waals surface area contributed by atoms with Crippen molar-refractivity contribution < 1.29 is 9.59 Å². The SMILES string of the molecule is Cc1nc(C(=O)NC(N)=NCCCCc2ccc(NC(=O)CCN)cc2)c(N)nc1N. The molecule has 31 heavy (non-hydrogen) atoms. The van der Waals surface area contributed by atoms with E-state index in [2.05, 4.69) is 25.6 Å². The molecule has 0 aliphatic carbocycles. The van der Waals surface area contributed by atoms with Gasteiger partial charge in [0, 0.05) is 25.2 Å². The minimum absolute atomic E-state index is 0.0155. The van der Waals surface area contributed by atoms with Crippen LogP contribution in [0, 0.1) is 6.92 Å². The van der Waals surface area contributed by atoms with E-state index >= 15 is 0 Å². The maximum atomic E-state index is 12.2. The molecule has 11 nitrogen and oxygen atoms in total. The van der Waals surface area contributed by atoms with Gasteiger partial charge in [-0.2, -0.15) is 0 Å². The van der Waals surface area contributed by atoms with Crippen LogP contribution in [0.25, 0.3) is 0 Å². The number of hydrogen-bond acceptors (Lipinski definition) is 8. The maximum absolute atomic E-state index is 12.2. The normalized spacial score (nSPS) is 11.2. The predicted molar refractivity (Wildman–Crippen MR) is 121 cm³/mol. The summed E-state index contributed by atoms with van der Waals surface area (Å²) in [6, 6.07) is 7.66. The number of aromatic nitrogens is 2. The number of nitrogens with one attached hydrogen (secondary N) is 2. The summed E-state index contributed by atoms with van der Waals surface area (Å²) in [5, 5.41) is 5.23. The molecule has 2 aromatic rings. The number of nitrogens with two attached hydrogens (primary N) is 4. The summed E-state index contributed by atoms with van der Waals surface area (Å²) < 4.78 is 0. The van der Waals surface area contributed by atoms with Crippen molar-refractivity contribution in [2.75, 3.05) is 29.9 Å². The molecule has 0 unspecified atom stereocenters. The number of unbranched alkanes of at least 4 members (excludes halogenated alkanes) is 1. The third-order valence-electron chi connectivity index (χ3n) is 4.36. The summed E-state index contributed by atoms with van der Waals surface area (Å²) in [6.07, 6.45) is 2.83. The van der Waals surface area contributed by atoms with Crippen molar-refractivity contribution in [2.24, 2.45) is 16.5 Å². The van der Waals surface area contributed by atoms with Crippen LogP contribution in [0.5, 0.6) is 0 Å². The first-order chi connectivity index (χ1) is 14.8. The van der Waals surface area contributed by atoms with Crippen LogP contribution < -0.4 is 33.6 Å². The van der Waals surface area contributed by atoms with Crippen molar-refractivity contribution in [2.45, 2.75) is 32.6 Å². The maximum Gasteiger partial charge on any atom is 0.280 e. The molecule has 2 amide bonds. The largest absolute Gasteiger partial charge is 0.382 e. The fraction of sp³-hybridized carbons (Fsp3) is 0.350. The van der Waals surface area contributed by atoms with Crippen molar-refractivity contribution in [3.8, 4) is 0 Å². The smallest absolute Gasteiger partial charge is 0.280 e. The molecule has 0 atom stereocenters. The quantitative estimate of drug-likeness (QED) is 0.186. The van der Waals surface area contributed by atoms with Gasteiger partial charge in [-0.25, -0.2) is 9.97 Å². The lowest BCUT2D eigenvalue weighted by Crippen LogP contribution is -2.38. The number of hydrogen-bond donors (Lipinski definition) is 6. The fourth-order valence-corrected chi connectivity index (χ4v) is 2.68. The van der Waals surface area contributed by atoms with Crippen molar-refractivity contribution >= 4 is 35.1 Å². The third-order valence-corrected chi connectivity index (χ3v) is 4.36. The van der Waals surface area contributed by atoms with E-state index in [1.807, 2.05) is 24.3 Å². The molecule has 0 saturated heterocycles. The zero-order valence-electron chi connectivity index (χ0n) is 17.5. The zero-order valence-corrected chi connectivity index (χ0v) is 17.5. The second-order valence-corrected chi connectivity index (χ2v) is 6.89. The molecule has 166 valence electrons. The number of carbonyl (C=O) groups is 2. The Balaban J connectivity index is 1.74. The second-order valence-electron chi connectivity index (χ2n) is 6.89. The number of rotatable bonds is 9. The number of guanidine groups is 1. The fourth-order valence-electron chi connectivity index (χ4n) is 2.68. The van der Waals surface area contributed by atoms with Gasteiger partial charge in [0.25, 0.3) is 5.91 Å². The van der Waals surface area contributed by atoms with E-state index in [9.17, 15) is 9.59 Å². The van der Waals surface area contributed by atoms with Gasteiger partial charge in [0.1, 0.15) is 5.82 Å². The van der Waals surface area contributed by atoms with Crippen LogP contribution in [0.1, 0.15) is 41.0 Å². The van der Waals surface area contributed by atoms with Crippen LogP contribution in [-0.2, 0) is 11.2 Å². The number of aliphatic imine (C=N–C) groups is 1. The predicted octanol–water partition coefficient (Wildman–Crippen LogP) is 0.304. The van der Waals surface area contributed by atoms with E-state index in [0.717, 1.165) is 30.5 Å². The Kier molecular flexibility index (Phi) is 8.70. The molecule has 11 heteroatoms. The van der Waals surface area contributed by atoms with Gasteiger partial charge >= 0.3 is 0 Å². The standard InChI is InChI=1S/C20H29N9O2/c1-12-17(22)28-18(23)16(26-12)19(31)29-20(24)25-11-3-2-4-13-5-7-14(8-6-13)27-15(30)9-10-21/h5-8H,2-4,9-11,21H2,1H3,(H,27,30)(H4,22,23,28)(H3,24,25,29,31). The Morgan fingerprint density at radius 2 is 1.77 bits per heavy atom. The molecule has 2 rings (SSSR count). The summed E-state index contributed by atoms with van der Waals surface area (Å²) in [6.45, 7) is 2.41. The lowest BCUT2D eigenvalue weighted by molar-refractivity contribution is -0.116.